The molecular formula is C23H16N4O. The van der Waals surface area contributed by atoms with Gasteiger partial charge in [-0.3, -0.25) is 4.98 Å². The molecule has 28 heavy (non-hydrogen) atoms. The molecule has 0 amide bonds. The summed E-state index contributed by atoms with van der Waals surface area (Å²) in [6.45, 7) is 0. The number of anilines is 2. The Morgan fingerprint density at radius 1 is 0.786 bits per heavy atom. The van der Waals surface area contributed by atoms with Crippen molar-refractivity contribution >= 4 is 33.3 Å². The number of nitrogens with zero attached hydrogens (tertiary/aromatic N) is 2. The molecule has 5 aromatic rings. The van der Waals surface area contributed by atoms with Crippen LogP contribution in [0.1, 0.15) is 0 Å². The van der Waals surface area contributed by atoms with Crippen molar-refractivity contribution in [1.29, 1.82) is 0 Å². The number of rotatable bonds is 3. The van der Waals surface area contributed by atoms with Gasteiger partial charge in [0.05, 0.1) is 5.39 Å². The topological polar surface area (TPSA) is 70.7 Å². The molecule has 0 aliphatic carbocycles. The van der Waals surface area contributed by atoms with Crippen molar-refractivity contribution in [3.8, 4) is 11.1 Å². The predicted octanol–water partition coefficient (Wildman–Crippen LogP) is 4.88. The summed E-state index contributed by atoms with van der Waals surface area (Å²) in [4.78, 5) is 22.6. The zero-order valence-electron chi connectivity index (χ0n) is 14.9. The van der Waals surface area contributed by atoms with E-state index < -0.39 is 5.69 Å². The van der Waals surface area contributed by atoms with Crippen LogP contribution in [-0.4, -0.2) is 15.0 Å². The van der Waals surface area contributed by atoms with Gasteiger partial charge in [0.25, 0.3) is 0 Å². The van der Waals surface area contributed by atoms with E-state index in [0.29, 0.717) is 11.5 Å². The maximum absolute atomic E-state index is 11.8. The lowest BCUT2D eigenvalue weighted by molar-refractivity contribution is 1.10. The van der Waals surface area contributed by atoms with E-state index in [1.807, 2.05) is 36.4 Å². The third kappa shape index (κ3) is 2.99. The van der Waals surface area contributed by atoms with Crippen LogP contribution in [0.15, 0.2) is 89.9 Å². The van der Waals surface area contributed by atoms with Crippen LogP contribution in [-0.2, 0) is 0 Å². The Morgan fingerprint density at radius 2 is 1.57 bits per heavy atom. The largest absolute Gasteiger partial charge is 0.348 e. The van der Waals surface area contributed by atoms with Gasteiger partial charge < -0.3 is 5.32 Å². The lowest BCUT2D eigenvalue weighted by atomic mass is 10.0. The lowest BCUT2D eigenvalue weighted by Gasteiger charge is -2.10. The van der Waals surface area contributed by atoms with Gasteiger partial charge in [0.2, 0.25) is 0 Å². The number of pyridine rings is 1. The van der Waals surface area contributed by atoms with Crippen molar-refractivity contribution in [2.24, 2.45) is 0 Å². The molecular weight excluding hydrogens is 348 g/mol. The van der Waals surface area contributed by atoms with Crippen LogP contribution in [0.5, 0.6) is 0 Å². The molecule has 0 fully saturated rings. The molecule has 0 saturated heterocycles. The molecule has 0 atom stereocenters. The van der Waals surface area contributed by atoms with E-state index in [-0.39, 0.29) is 0 Å². The van der Waals surface area contributed by atoms with E-state index in [9.17, 15) is 4.79 Å². The van der Waals surface area contributed by atoms with Gasteiger partial charge >= 0.3 is 5.69 Å². The second-order valence-corrected chi connectivity index (χ2v) is 6.56. The minimum absolute atomic E-state index is 0.418. The molecule has 0 spiro atoms. The number of nitrogens with one attached hydrogen (secondary N) is 2. The standard InChI is InChI=1S/C23H16N4O/c28-23-26-21-20(6-3-13-24-21)22(27-23)25-19-11-9-16(10-12-19)18-8-7-15-4-1-2-5-17(15)14-18/h1-14H,(H2,24,25,26,27,28). The van der Waals surface area contributed by atoms with Crippen LogP contribution < -0.4 is 11.0 Å². The van der Waals surface area contributed by atoms with Crippen LogP contribution in [0.25, 0.3) is 32.9 Å². The van der Waals surface area contributed by atoms with E-state index in [2.05, 4.69) is 62.7 Å². The molecule has 5 heteroatoms. The summed E-state index contributed by atoms with van der Waals surface area (Å²) in [5.74, 6) is 0.585. The maximum Gasteiger partial charge on any atom is 0.348 e. The summed E-state index contributed by atoms with van der Waals surface area (Å²) in [5, 5.41) is 6.47. The summed E-state index contributed by atoms with van der Waals surface area (Å²) in [6.07, 6.45) is 1.62. The monoisotopic (exact) mass is 364 g/mol. The van der Waals surface area contributed by atoms with E-state index in [0.717, 1.165) is 22.2 Å². The Balaban J connectivity index is 1.48. The zero-order chi connectivity index (χ0) is 18.9. The number of hydrogen-bond acceptors (Lipinski definition) is 4. The minimum atomic E-state index is -0.429. The average Bonchev–Trinajstić information content (AvgIpc) is 2.74. The second kappa shape index (κ2) is 6.63. The minimum Gasteiger partial charge on any atom is -0.341 e. The molecule has 2 heterocycles. The number of hydrogen-bond donors (Lipinski definition) is 2. The Kier molecular flexibility index (Phi) is 3.84. The molecule has 2 N–H and O–H groups in total. The molecule has 0 saturated carbocycles. The first kappa shape index (κ1) is 16.2. The fourth-order valence-corrected chi connectivity index (χ4v) is 3.34. The number of fused-ring (bicyclic) bond motifs is 2. The highest BCUT2D eigenvalue weighted by atomic mass is 16.1. The molecule has 0 radical (unpaired) electrons. The van der Waals surface area contributed by atoms with Gasteiger partial charge in [-0.1, -0.05) is 48.5 Å². The van der Waals surface area contributed by atoms with Gasteiger partial charge in [-0.2, -0.15) is 4.98 Å². The van der Waals surface area contributed by atoms with E-state index in [1.165, 1.54) is 10.8 Å². The number of aromatic nitrogens is 3. The van der Waals surface area contributed by atoms with E-state index >= 15 is 0 Å². The third-order valence-electron chi connectivity index (χ3n) is 4.73. The summed E-state index contributed by atoms with van der Waals surface area (Å²) < 4.78 is 0. The Bertz CT molecular complexity index is 1360. The molecule has 2 aromatic heterocycles. The van der Waals surface area contributed by atoms with E-state index in [1.54, 1.807) is 6.20 Å². The van der Waals surface area contributed by atoms with Crippen LogP contribution in [0, 0.1) is 0 Å². The molecule has 5 nitrogen and oxygen atoms in total. The second-order valence-electron chi connectivity index (χ2n) is 6.56. The number of aromatic amines is 1. The normalized spacial score (nSPS) is 11.0. The average molecular weight is 364 g/mol. The van der Waals surface area contributed by atoms with Gasteiger partial charge in [-0.25, -0.2) is 9.78 Å². The molecule has 5 rings (SSSR count). The molecule has 134 valence electrons. The quantitative estimate of drug-likeness (QED) is 0.478. The van der Waals surface area contributed by atoms with Gasteiger partial charge in [0.1, 0.15) is 5.82 Å². The SMILES string of the molecule is O=c1nc2ncccc2c(Nc2ccc(-c3ccc4ccccc4c3)cc2)[nH]1. The van der Waals surface area contributed by atoms with Gasteiger partial charge in [0, 0.05) is 11.9 Å². The highest BCUT2D eigenvalue weighted by Crippen LogP contribution is 2.27. The summed E-state index contributed by atoms with van der Waals surface area (Å²) in [5.41, 5.74) is 3.16. The van der Waals surface area contributed by atoms with Crippen molar-refractivity contribution in [3.05, 3.63) is 95.5 Å². The Labute approximate surface area is 160 Å². The number of H-pyrrole nitrogens is 1. The van der Waals surface area contributed by atoms with E-state index in [4.69, 9.17) is 0 Å². The summed E-state index contributed by atoms with van der Waals surface area (Å²) >= 11 is 0. The first-order valence-corrected chi connectivity index (χ1v) is 8.98. The zero-order valence-corrected chi connectivity index (χ0v) is 14.9. The fraction of sp³-hybridized carbons (Fsp3) is 0. The van der Waals surface area contributed by atoms with Crippen molar-refractivity contribution in [2.45, 2.75) is 0 Å². The fourth-order valence-electron chi connectivity index (χ4n) is 3.34. The summed E-state index contributed by atoms with van der Waals surface area (Å²) in [7, 11) is 0. The van der Waals surface area contributed by atoms with Gasteiger partial charge in [-0.15, -0.1) is 0 Å². The molecule has 0 unspecified atom stereocenters. The highest BCUT2D eigenvalue weighted by Gasteiger charge is 2.06. The van der Waals surface area contributed by atoms with Crippen LogP contribution >= 0.6 is 0 Å². The predicted molar refractivity (Wildman–Crippen MR) is 113 cm³/mol. The van der Waals surface area contributed by atoms with Gasteiger partial charge in [-0.05, 0) is 52.2 Å². The highest BCUT2D eigenvalue weighted by molar-refractivity contribution is 5.89. The van der Waals surface area contributed by atoms with Crippen molar-refractivity contribution < 1.29 is 0 Å². The Morgan fingerprint density at radius 3 is 2.43 bits per heavy atom. The van der Waals surface area contributed by atoms with Crippen LogP contribution in [0.2, 0.25) is 0 Å². The van der Waals surface area contributed by atoms with Crippen LogP contribution in [0.3, 0.4) is 0 Å². The molecule has 0 aliphatic rings. The van der Waals surface area contributed by atoms with Crippen LogP contribution in [0.4, 0.5) is 11.5 Å². The number of benzene rings is 3. The molecule has 0 aliphatic heterocycles. The Hall–Kier alpha value is -3.99. The third-order valence-corrected chi connectivity index (χ3v) is 4.73. The smallest absolute Gasteiger partial charge is 0.341 e. The summed E-state index contributed by atoms with van der Waals surface area (Å²) in [6, 6.07) is 26.6. The van der Waals surface area contributed by atoms with Crippen molar-refractivity contribution in [3.63, 3.8) is 0 Å². The van der Waals surface area contributed by atoms with Crippen molar-refractivity contribution in [1.82, 2.24) is 15.0 Å². The first-order valence-electron chi connectivity index (χ1n) is 8.98. The van der Waals surface area contributed by atoms with Gasteiger partial charge in [0.15, 0.2) is 5.65 Å². The van der Waals surface area contributed by atoms with Crippen molar-refractivity contribution in [2.75, 3.05) is 5.32 Å². The first-order chi connectivity index (χ1) is 13.8. The maximum atomic E-state index is 11.8. The molecule has 3 aromatic carbocycles. The lowest BCUT2D eigenvalue weighted by Crippen LogP contribution is -2.13. The molecule has 0 bridgehead atoms.